The Morgan fingerprint density at radius 3 is 2.68 bits per heavy atom. The number of rotatable bonds is 6. The Labute approximate surface area is 177 Å². The summed E-state index contributed by atoms with van der Waals surface area (Å²) in [6.07, 6.45) is 0.196. The Morgan fingerprint density at radius 2 is 1.77 bits per heavy atom. The fourth-order valence-electron chi connectivity index (χ4n) is 3.57. The Kier molecular flexibility index (Phi) is 4.84. The highest BCUT2D eigenvalue weighted by atomic mass is 16.5. The summed E-state index contributed by atoms with van der Waals surface area (Å²) in [4.78, 5) is 12.5. The summed E-state index contributed by atoms with van der Waals surface area (Å²) in [5.74, 6) is 0.993. The van der Waals surface area contributed by atoms with Crippen LogP contribution in [0.25, 0.3) is 33.4 Å². The van der Waals surface area contributed by atoms with Crippen molar-refractivity contribution in [1.29, 1.82) is 0 Å². The van der Waals surface area contributed by atoms with Crippen LogP contribution in [-0.2, 0) is 11.2 Å². The number of anilines is 1. The van der Waals surface area contributed by atoms with Crippen molar-refractivity contribution in [2.45, 2.75) is 13.3 Å². The molecule has 7 nitrogen and oxygen atoms in total. The molecule has 5 aromatic rings. The number of aromatic nitrogens is 2. The summed E-state index contributed by atoms with van der Waals surface area (Å²) in [5, 5.41) is 13.6. The first kappa shape index (κ1) is 18.9. The molecule has 0 bridgehead atoms. The highest BCUT2D eigenvalue weighted by Crippen LogP contribution is 2.33. The first-order valence-electron chi connectivity index (χ1n) is 9.97. The van der Waals surface area contributed by atoms with Gasteiger partial charge in [-0.15, -0.1) is 5.10 Å². The van der Waals surface area contributed by atoms with Gasteiger partial charge in [0.25, 0.3) is 5.89 Å². The van der Waals surface area contributed by atoms with E-state index in [0.29, 0.717) is 23.7 Å². The minimum absolute atomic E-state index is 0.0192. The molecule has 0 aliphatic rings. The number of para-hydroxylation sites is 1. The van der Waals surface area contributed by atoms with Crippen molar-refractivity contribution in [2.75, 3.05) is 11.9 Å². The van der Waals surface area contributed by atoms with Gasteiger partial charge in [0.05, 0.1) is 13.0 Å². The van der Waals surface area contributed by atoms with E-state index in [2.05, 4.69) is 15.5 Å². The Bertz CT molecular complexity index is 1380. The molecule has 2 heterocycles. The third-order valence-electron chi connectivity index (χ3n) is 4.92. The van der Waals surface area contributed by atoms with Gasteiger partial charge in [0.2, 0.25) is 5.91 Å². The zero-order chi connectivity index (χ0) is 21.2. The van der Waals surface area contributed by atoms with E-state index in [4.69, 9.17) is 13.6 Å². The number of carbonyl (C=O) groups is 1. The molecule has 0 atom stereocenters. The lowest BCUT2D eigenvalue weighted by molar-refractivity contribution is -0.115. The third kappa shape index (κ3) is 3.73. The summed E-state index contributed by atoms with van der Waals surface area (Å²) < 4.78 is 17.1. The van der Waals surface area contributed by atoms with Gasteiger partial charge < -0.3 is 13.6 Å². The number of ether oxygens (including phenoxy) is 1. The van der Waals surface area contributed by atoms with Crippen molar-refractivity contribution >= 4 is 33.7 Å². The Balaban J connectivity index is 1.34. The monoisotopic (exact) mass is 413 g/mol. The van der Waals surface area contributed by atoms with Crippen LogP contribution in [0.1, 0.15) is 12.5 Å². The van der Waals surface area contributed by atoms with E-state index in [0.717, 1.165) is 21.7 Å². The minimum Gasteiger partial charge on any atom is -0.490 e. The summed E-state index contributed by atoms with van der Waals surface area (Å²) in [5.41, 5.74) is 1.54. The molecule has 1 N–H and O–H groups in total. The van der Waals surface area contributed by atoms with Crippen molar-refractivity contribution in [3.05, 3.63) is 72.3 Å². The van der Waals surface area contributed by atoms with Crippen LogP contribution in [0.5, 0.6) is 5.75 Å². The van der Waals surface area contributed by atoms with E-state index in [1.165, 1.54) is 0 Å². The fraction of sp³-hybridized carbons (Fsp3) is 0.125. The van der Waals surface area contributed by atoms with Gasteiger partial charge in [-0.3, -0.25) is 10.1 Å². The summed E-state index contributed by atoms with van der Waals surface area (Å²) >= 11 is 0. The summed E-state index contributed by atoms with van der Waals surface area (Å²) in [6, 6.07) is 21.3. The number of nitrogens with one attached hydrogen (secondary N) is 1. The topological polar surface area (TPSA) is 90.4 Å². The number of hydrogen-bond acceptors (Lipinski definition) is 6. The highest BCUT2D eigenvalue weighted by Gasteiger charge is 2.17. The second kappa shape index (κ2) is 7.95. The predicted molar refractivity (Wildman–Crippen MR) is 117 cm³/mol. The van der Waals surface area contributed by atoms with Gasteiger partial charge in [0.1, 0.15) is 0 Å². The number of hydrogen-bond donors (Lipinski definition) is 1. The number of fused-ring (bicyclic) bond motifs is 2. The van der Waals surface area contributed by atoms with E-state index in [-0.39, 0.29) is 24.2 Å². The van der Waals surface area contributed by atoms with Crippen LogP contribution in [0.15, 0.2) is 75.6 Å². The third-order valence-corrected chi connectivity index (χ3v) is 4.92. The van der Waals surface area contributed by atoms with Crippen LogP contribution in [0.4, 0.5) is 6.01 Å². The van der Waals surface area contributed by atoms with Crippen LogP contribution < -0.4 is 10.1 Å². The molecule has 5 rings (SSSR count). The zero-order valence-electron chi connectivity index (χ0n) is 16.8. The maximum Gasteiger partial charge on any atom is 0.322 e. The van der Waals surface area contributed by atoms with Crippen molar-refractivity contribution < 1.29 is 18.4 Å². The first-order chi connectivity index (χ1) is 15.2. The molecule has 31 heavy (non-hydrogen) atoms. The molecule has 0 saturated carbocycles. The molecule has 2 aromatic heterocycles. The van der Waals surface area contributed by atoms with Crippen LogP contribution in [0.2, 0.25) is 0 Å². The van der Waals surface area contributed by atoms with Crippen molar-refractivity contribution in [1.82, 2.24) is 10.2 Å². The molecule has 0 aliphatic carbocycles. The Hall–Kier alpha value is -4.13. The van der Waals surface area contributed by atoms with E-state index in [9.17, 15) is 4.79 Å². The quantitative estimate of drug-likeness (QED) is 0.411. The van der Waals surface area contributed by atoms with Crippen molar-refractivity contribution in [3.8, 4) is 17.4 Å². The normalized spacial score (nSPS) is 11.1. The minimum atomic E-state index is -0.241. The molecule has 0 aliphatic heterocycles. The fourth-order valence-corrected chi connectivity index (χ4v) is 3.57. The molecule has 3 aromatic carbocycles. The number of amides is 1. The first-order valence-corrected chi connectivity index (χ1v) is 9.97. The largest absolute Gasteiger partial charge is 0.490 e. The van der Waals surface area contributed by atoms with Gasteiger partial charge in [-0.2, -0.15) is 0 Å². The molecule has 7 heteroatoms. The van der Waals surface area contributed by atoms with Gasteiger partial charge in [-0.25, -0.2) is 0 Å². The number of carbonyl (C=O) groups excluding carboxylic acids is 1. The molecule has 154 valence electrons. The molecule has 1 amide bonds. The van der Waals surface area contributed by atoms with E-state index in [1.807, 2.05) is 67.6 Å². The molecular weight excluding hydrogens is 394 g/mol. The molecule has 0 saturated heterocycles. The van der Waals surface area contributed by atoms with Gasteiger partial charge in [-0.1, -0.05) is 59.7 Å². The zero-order valence-corrected chi connectivity index (χ0v) is 16.8. The second-order valence-corrected chi connectivity index (χ2v) is 6.99. The van der Waals surface area contributed by atoms with Gasteiger partial charge in [0, 0.05) is 5.39 Å². The van der Waals surface area contributed by atoms with Crippen molar-refractivity contribution in [2.24, 2.45) is 0 Å². The van der Waals surface area contributed by atoms with E-state index < -0.39 is 0 Å². The maximum absolute atomic E-state index is 12.5. The predicted octanol–water partition coefficient (Wildman–Crippen LogP) is 5.22. The molecule has 0 spiro atoms. The van der Waals surface area contributed by atoms with E-state index in [1.54, 1.807) is 6.07 Å². The smallest absolute Gasteiger partial charge is 0.322 e. The number of benzene rings is 3. The summed E-state index contributed by atoms with van der Waals surface area (Å²) in [6.45, 7) is 2.44. The number of nitrogens with zero attached hydrogens (tertiary/aromatic N) is 2. The second-order valence-electron chi connectivity index (χ2n) is 6.99. The standard InChI is InChI=1S/C24H19N3O4/c1-2-29-19-12-6-10-17-13-20(30-22(17)19)23-26-27-24(31-23)25-21(28)14-16-9-5-8-15-7-3-4-11-18(15)16/h3-13H,2,14H2,1H3,(H,25,27,28). The van der Waals surface area contributed by atoms with Crippen LogP contribution >= 0.6 is 0 Å². The lowest BCUT2D eigenvalue weighted by Crippen LogP contribution is -2.14. The number of furan rings is 1. The molecule has 0 fully saturated rings. The van der Waals surface area contributed by atoms with Gasteiger partial charge in [-0.05, 0) is 35.4 Å². The van der Waals surface area contributed by atoms with E-state index >= 15 is 0 Å². The van der Waals surface area contributed by atoms with Crippen LogP contribution in [-0.4, -0.2) is 22.7 Å². The maximum atomic E-state index is 12.5. The Morgan fingerprint density at radius 1 is 0.968 bits per heavy atom. The van der Waals surface area contributed by atoms with Crippen LogP contribution in [0.3, 0.4) is 0 Å². The molecule has 0 unspecified atom stereocenters. The van der Waals surface area contributed by atoms with Gasteiger partial charge in [0.15, 0.2) is 17.1 Å². The molecular formula is C24H19N3O4. The molecule has 0 radical (unpaired) electrons. The average Bonchev–Trinajstić information content (AvgIpc) is 3.42. The SMILES string of the molecule is CCOc1cccc2cc(-c3nnc(NC(=O)Cc4cccc5ccccc45)o3)oc12. The van der Waals surface area contributed by atoms with Gasteiger partial charge >= 0.3 is 6.01 Å². The van der Waals surface area contributed by atoms with Crippen molar-refractivity contribution in [3.63, 3.8) is 0 Å². The lowest BCUT2D eigenvalue weighted by atomic mass is 10.0. The lowest BCUT2D eigenvalue weighted by Gasteiger charge is -2.05. The highest BCUT2D eigenvalue weighted by molar-refractivity contribution is 5.95. The average molecular weight is 413 g/mol. The van der Waals surface area contributed by atoms with Crippen LogP contribution in [0, 0.1) is 0 Å². The summed E-state index contributed by atoms with van der Waals surface area (Å²) in [7, 11) is 0.